The molecule has 1 aromatic rings. The lowest BCUT2D eigenvalue weighted by Gasteiger charge is -2.30. The Morgan fingerprint density at radius 1 is 1.35 bits per heavy atom. The fourth-order valence-corrected chi connectivity index (χ4v) is 2.40. The van der Waals surface area contributed by atoms with Gasteiger partial charge in [-0.1, -0.05) is 29.8 Å². The first-order valence-corrected chi connectivity index (χ1v) is 6.23. The molecule has 1 aromatic carbocycles. The zero-order valence-corrected chi connectivity index (χ0v) is 10.4. The number of carboxylic acids is 1. The Morgan fingerprint density at radius 2 is 2.00 bits per heavy atom. The highest BCUT2D eigenvalue weighted by Crippen LogP contribution is 2.22. The first kappa shape index (κ1) is 12.4. The third-order valence-corrected chi connectivity index (χ3v) is 3.66. The average molecular weight is 254 g/mol. The highest BCUT2D eigenvalue weighted by molar-refractivity contribution is 6.31. The van der Waals surface area contributed by atoms with Crippen molar-refractivity contribution in [2.24, 2.45) is 5.92 Å². The van der Waals surface area contributed by atoms with Crippen molar-refractivity contribution in [2.45, 2.75) is 19.4 Å². The van der Waals surface area contributed by atoms with E-state index in [1.807, 2.05) is 24.3 Å². The zero-order valence-electron chi connectivity index (χ0n) is 9.60. The number of carbonyl (C=O) groups is 1. The Hall–Kier alpha value is -1.06. The largest absolute Gasteiger partial charge is 0.481 e. The molecule has 0 saturated carbocycles. The fraction of sp³-hybridized carbons (Fsp3) is 0.462. The lowest BCUT2D eigenvalue weighted by Crippen LogP contribution is -2.35. The van der Waals surface area contributed by atoms with E-state index in [1.165, 1.54) is 0 Å². The molecule has 1 aliphatic rings. The molecule has 0 atom stereocenters. The number of likely N-dealkylation sites (tertiary alicyclic amines) is 1. The number of nitrogens with zero attached hydrogens (tertiary/aromatic N) is 1. The molecule has 1 saturated heterocycles. The summed E-state index contributed by atoms with van der Waals surface area (Å²) < 4.78 is 0. The second kappa shape index (κ2) is 5.52. The molecule has 1 aliphatic heterocycles. The summed E-state index contributed by atoms with van der Waals surface area (Å²) in [6, 6.07) is 7.81. The molecule has 3 nitrogen and oxygen atoms in total. The maximum absolute atomic E-state index is 10.8. The molecular weight excluding hydrogens is 238 g/mol. The Morgan fingerprint density at radius 3 is 2.59 bits per heavy atom. The van der Waals surface area contributed by atoms with Crippen LogP contribution in [-0.2, 0) is 11.3 Å². The van der Waals surface area contributed by atoms with Crippen LogP contribution >= 0.6 is 11.6 Å². The standard InChI is InChI=1S/C13H16ClNO2/c14-12-4-2-1-3-11(12)9-15-7-5-10(6-8-15)13(16)17/h1-4,10H,5-9H2,(H,16,17). The van der Waals surface area contributed by atoms with E-state index in [-0.39, 0.29) is 5.92 Å². The van der Waals surface area contributed by atoms with Crippen LogP contribution in [0.4, 0.5) is 0 Å². The van der Waals surface area contributed by atoms with Crippen molar-refractivity contribution in [2.75, 3.05) is 13.1 Å². The molecule has 0 amide bonds. The Labute approximate surface area is 106 Å². The van der Waals surface area contributed by atoms with Crippen molar-refractivity contribution >= 4 is 17.6 Å². The molecule has 92 valence electrons. The SMILES string of the molecule is O=C(O)C1CCN(Cc2ccccc2Cl)CC1. The van der Waals surface area contributed by atoms with Gasteiger partial charge in [0.1, 0.15) is 0 Å². The van der Waals surface area contributed by atoms with Crippen LogP contribution in [0.2, 0.25) is 5.02 Å². The smallest absolute Gasteiger partial charge is 0.306 e. The molecule has 17 heavy (non-hydrogen) atoms. The molecule has 2 rings (SSSR count). The predicted molar refractivity (Wildman–Crippen MR) is 67.1 cm³/mol. The van der Waals surface area contributed by atoms with E-state index >= 15 is 0 Å². The zero-order chi connectivity index (χ0) is 12.3. The number of benzene rings is 1. The van der Waals surface area contributed by atoms with Gasteiger partial charge in [0.15, 0.2) is 0 Å². The van der Waals surface area contributed by atoms with Crippen molar-refractivity contribution in [1.82, 2.24) is 4.90 Å². The van der Waals surface area contributed by atoms with Gasteiger partial charge in [-0.15, -0.1) is 0 Å². The van der Waals surface area contributed by atoms with Crippen LogP contribution in [-0.4, -0.2) is 29.1 Å². The van der Waals surface area contributed by atoms with E-state index in [9.17, 15) is 4.79 Å². The Balaban J connectivity index is 1.90. The van der Waals surface area contributed by atoms with E-state index in [0.717, 1.165) is 43.1 Å². The molecule has 4 heteroatoms. The van der Waals surface area contributed by atoms with Crippen LogP contribution < -0.4 is 0 Å². The molecule has 0 bridgehead atoms. The molecule has 0 spiro atoms. The molecule has 0 aliphatic carbocycles. The fourth-order valence-electron chi connectivity index (χ4n) is 2.21. The average Bonchev–Trinajstić information content (AvgIpc) is 2.33. The summed E-state index contributed by atoms with van der Waals surface area (Å²) >= 11 is 6.10. The van der Waals surface area contributed by atoms with Gasteiger partial charge in [-0.05, 0) is 37.6 Å². The van der Waals surface area contributed by atoms with Gasteiger partial charge in [-0.3, -0.25) is 9.69 Å². The van der Waals surface area contributed by atoms with Crippen molar-refractivity contribution in [1.29, 1.82) is 0 Å². The van der Waals surface area contributed by atoms with Gasteiger partial charge in [0.05, 0.1) is 5.92 Å². The van der Waals surface area contributed by atoms with Crippen LogP contribution in [0.5, 0.6) is 0 Å². The summed E-state index contributed by atoms with van der Waals surface area (Å²) in [5, 5.41) is 9.70. The van der Waals surface area contributed by atoms with E-state index in [2.05, 4.69) is 4.90 Å². The maximum atomic E-state index is 10.8. The van der Waals surface area contributed by atoms with E-state index in [1.54, 1.807) is 0 Å². The summed E-state index contributed by atoms with van der Waals surface area (Å²) in [6.07, 6.45) is 1.47. The van der Waals surface area contributed by atoms with E-state index in [0.29, 0.717) is 0 Å². The van der Waals surface area contributed by atoms with Gasteiger partial charge in [0, 0.05) is 11.6 Å². The number of piperidine rings is 1. The van der Waals surface area contributed by atoms with Crippen LogP contribution in [0, 0.1) is 5.92 Å². The van der Waals surface area contributed by atoms with E-state index in [4.69, 9.17) is 16.7 Å². The van der Waals surface area contributed by atoms with Gasteiger partial charge in [-0.25, -0.2) is 0 Å². The van der Waals surface area contributed by atoms with Gasteiger partial charge >= 0.3 is 5.97 Å². The number of carboxylic acid groups (broad SMARTS) is 1. The van der Waals surface area contributed by atoms with Crippen molar-refractivity contribution < 1.29 is 9.90 Å². The number of hydrogen-bond acceptors (Lipinski definition) is 2. The first-order chi connectivity index (χ1) is 8.16. The number of aliphatic carboxylic acids is 1. The normalized spacial score (nSPS) is 18.2. The Bertz CT molecular complexity index is 400. The molecule has 1 fully saturated rings. The summed E-state index contributed by atoms with van der Waals surface area (Å²) in [6.45, 7) is 2.48. The predicted octanol–water partition coefficient (Wildman–Crippen LogP) is 2.64. The lowest BCUT2D eigenvalue weighted by molar-refractivity contribution is -0.143. The molecule has 1 heterocycles. The highest BCUT2D eigenvalue weighted by atomic mass is 35.5. The monoisotopic (exact) mass is 253 g/mol. The minimum absolute atomic E-state index is 0.169. The summed E-state index contributed by atoms with van der Waals surface area (Å²) in [7, 11) is 0. The second-order valence-corrected chi connectivity index (χ2v) is 4.89. The molecule has 0 aromatic heterocycles. The maximum Gasteiger partial charge on any atom is 0.306 e. The van der Waals surface area contributed by atoms with Crippen LogP contribution in [0.1, 0.15) is 18.4 Å². The number of rotatable bonds is 3. The Kier molecular flexibility index (Phi) is 4.02. The minimum atomic E-state index is -0.664. The van der Waals surface area contributed by atoms with E-state index < -0.39 is 5.97 Å². The number of halogens is 1. The highest BCUT2D eigenvalue weighted by Gasteiger charge is 2.24. The first-order valence-electron chi connectivity index (χ1n) is 5.85. The summed E-state index contributed by atoms with van der Waals surface area (Å²) in [5.74, 6) is -0.833. The third-order valence-electron chi connectivity index (χ3n) is 3.29. The molecule has 0 radical (unpaired) electrons. The topological polar surface area (TPSA) is 40.5 Å². The van der Waals surface area contributed by atoms with Crippen LogP contribution in [0.25, 0.3) is 0 Å². The molecule has 0 unspecified atom stereocenters. The minimum Gasteiger partial charge on any atom is -0.481 e. The van der Waals surface area contributed by atoms with Crippen molar-refractivity contribution in [3.8, 4) is 0 Å². The van der Waals surface area contributed by atoms with Crippen molar-refractivity contribution in [3.05, 3.63) is 34.9 Å². The van der Waals surface area contributed by atoms with Crippen molar-refractivity contribution in [3.63, 3.8) is 0 Å². The number of hydrogen-bond donors (Lipinski definition) is 1. The summed E-state index contributed by atoms with van der Waals surface area (Å²) in [5.41, 5.74) is 1.11. The quantitative estimate of drug-likeness (QED) is 0.900. The second-order valence-electron chi connectivity index (χ2n) is 4.48. The lowest BCUT2D eigenvalue weighted by atomic mass is 9.97. The third kappa shape index (κ3) is 3.20. The summed E-state index contributed by atoms with van der Waals surface area (Å²) in [4.78, 5) is 13.1. The molecule has 1 N–H and O–H groups in total. The van der Waals surface area contributed by atoms with Gasteiger partial charge < -0.3 is 5.11 Å². The van der Waals surface area contributed by atoms with Crippen LogP contribution in [0.15, 0.2) is 24.3 Å². The van der Waals surface area contributed by atoms with Gasteiger partial charge in [0.2, 0.25) is 0 Å². The van der Waals surface area contributed by atoms with Crippen LogP contribution in [0.3, 0.4) is 0 Å². The van der Waals surface area contributed by atoms with Gasteiger partial charge in [0.25, 0.3) is 0 Å². The van der Waals surface area contributed by atoms with Gasteiger partial charge in [-0.2, -0.15) is 0 Å². The molecular formula is C13H16ClNO2.